The molecule has 1 N–H and O–H groups in total. The number of thiazole rings is 2. The molecule has 0 fully saturated rings. The summed E-state index contributed by atoms with van der Waals surface area (Å²) in [4.78, 5) is 11.2. The van der Waals surface area contributed by atoms with Gasteiger partial charge in [-0.15, -0.1) is 22.7 Å². The zero-order valence-electron chi connectivity index (χ0n) is 10.3. The molecule has 0 aliphatic heterocycles. The van der Waals surface area contributed by atoms with E-state index < -0.39 is 0 Å². The van der Waals surface area contributed by atoms with Gasteiger partial charge in [-0.1, -0.05) is 0 Å². The van der Waals surface area contributed by atoms with Gasteiger partial charge in [0.1, 0.15) is 5.01 Å². The van der Waals surface area contributed by atoms with Crippen molar-refractivity contribution in [2.75, 3.05) is 0 Å². The molecular weight excluding hydrogens is 264 g/mol. The molecule has 0 unspecified atom stereocenters. The summed E-state index contributed by atoms with van der Waals surface area (Å²) in [6.45, 7) is 5.78. The standard InChI is InChI=1S/C12H14N4S2/c1-8-5-14-11(18-8)7-13-6-10-9(2)15-12-16(10)3-4-17-12/h3-5,13H,6-7H2,1-2H3. The summed E-state index contributed by atoms with van der Waals surface area (Å²) in [5.41, 5.74) is 2.34. The molecule has 94 valence electrons. The largest absolute Gasteiger partial charge is 0.305 e. The van der Waals surface area contributed by atoms with Crippen molar-refractivity contribution in [3.63, 3.8) is 0 Å². The van der Waals surface area contributed by atoms with E-state index in [0.717, 1.165) is 28.8 Å². The van der Waals surface area contributed by atoms with Gasteiger partial charge < -0.3 is 5.32 Å². The number of hydrogen-bond acceptors (Lipinski definition) is 5. The van der Waals surface area contributed by atoms with Crippen molar-refractivity contribution < 1.29 is 0 Å². The second-order valence-electron chi connectivity index (χ2n) is 4.17. The van der Waals surface area contributed by atoms with Crippen LogP contribution in [0.1, 0.15) is 21.3 Å². The van der Waals surface area contributed by atoms with Crippen molar-refractivity contribution >= 4 is 27.6 Å². The third-order valence-electron chi connectivity index (χ3n) is 2.80. The molecular formula is C12H14N4S2. The molecule has 0 aromatic carbocycles. The second-order valence-corrected chi connectivity index (χ2v) is 6.36. The topological polar surface area (TPSA) is 42.2 Å². The lowest BCUT2D eigenvalue weighted by Crippen LogP contribution is -2.14. The van der Waals surface area contributed by atoms with E-state index in [1.165, 1.54) is 10.6 Å². The lowest BCUT2D eigenvalue weighted by Gasteiger charge is -2.02. The number of aromatic nitrogens is 3. The van der Waals surface area contributed by atoms with E-state index in [2.05, 4.69) is 45.1 Å². The van der Waals surface area contributed by atoms with Gasteiger partial charge in [-0.05, 0) is 13.8 Å². The Labute approximate surface area is 113 Å². The number of nitrogens with zero attached hydrogens (tertiary/aromatic N) is 3. The van der Waals surface area contributed by atoms with E-state index >= 15 is 0 Å². The van der Waals surface area contributed by atoms with E-state index in [-0.39, 0.29) is 0 Å². The second kappa shape index (κ2) is 4.79. The van der Waals surface area contributed by atoms with Crippen LogP contribution in [-0.2, 0) is 13.1 Å². The van der Waals surface area contributed by atoms with Crippen molar-refractivity contribution in [2.45, 2.75) is 26.9 Å². The monoisotopic (exact) mass is 278 g/mol. The molecule has 3 rings (SSSR count). The van der Waals surface area contributed by atoms with Gasteiger partial charge in [0.15, 0.2) is 4.96 Å². The predicted molar refractivity (Wildman–Crippen MR) is 75.2 cm³/mol. The van der Waals surface area contributed by atoms with Gasteiger partial charge in [-0.2, -0.15) is 0 Å². The van der Waals surface area contributed by atoms with E-state index in [9.17, 15) is 0 Å². The van der Waals surface area contributed by atoms with Crippen molar-refractivity contribution in [3.05, 3.63) is 39.0 Å². The molecule has 3 aromatic rings. The molecule has 3 heterocycles. The van der Waals surface area contributed by atoms with Gasteiger partial charge in [0.2, 0.25) is 0 Å². The zero-order chi connectivity index (χ0) is 12.5. The van der Waals surface area contributed by atoms with Crippen LogP contribution in [0.25, 0.3) is 4.96 Å². The lowest BCUT2D eigenvalue weighted by atomic mass is 10.3. The SMILES string of the molecule is Cc1cnc(CNCc2c(C)nc3sccn23)s1. The Bertz CT molecular complexity index is 665. The summed E-state index contributed by atoms with van der Waals surface area (Å²) in [7, 11) is 0. The molecule has 3 aromatic heterocycles. The predicted octanol–water partition coefficient (Wildman–Crippen LogP) is 2.76. The molecule has 0 amide bonds. The Morgan fingerprint density at radius 1 is 1.33 bits per heavy atom. The number of aryl methyl sites for hydroxylation is 2. The van der Waals surface area contributed by atoms with Crippen LogP contribution in [0.5, 0.6) is 0 Å². The molecule has 4 nitrogen and oxygen atoms in total. The first kappa shape index (κ1) is 11.8. The molecule has 0 atom stereocenters. The summed E-state index contributed by atoms with van der Waals surface area (Å²) in [5.74, 6) is 0. The Balaban J connectivity index is 1.69. The van der Waals surface area contributed by atoms with Crippen molar-refractivity contribution in [1.82, 2.24) is 19.7 Å². The quantitative estimate of drug-likeness (QED) is 0.798. The number of rotatable bonds is 4. The van der Waals surface area contributed by atoms with E-state index in [1.54, 1.807) is 22.7 Å². The fourth-order valence-corrected chi connectivity index (χ4v) is 3.46. The average Bonchev–Trinajstić information content (AvgIpc) is 2.99. The zero-order valence-corrected chi connectivity index (χ0v) is 11.9. The molecule has 0 saturated carbocycles. The Morgan fingerprint density at radius 3 is 3.00 bits per heavy atom. The Hall–Kier alpha value is -1.24. The number of imidazole rings is 1. The van der Waals surface area contributed by atoms with Gasteiger partial charge in [0.25, 0.3) is 0 Å². The summed E-state index contributed by atoms with van der Waals surface area (Å²) in [6, 6.07) is 0. The normalized spacial score (nSPS) is 11.4. The van der Waals surface area contributed by atoms with Gasteiger partial charge in [0, 0.05) is 35.7 Å². The summed E-state index contributed by atoms with van der Waals surface area (Å²) < 4.78 is 2.15. The molecule has 0 saturated heterocycles. The summed E-state index contributed by atoms with van der Waals surface area (Å²) in [6.07, 6.45) is 3.99. The fraction of sp³-hybridized carbons (Fsp3) is 0.333. The molecule has 0 aliphatic carbocycles. The molecule has 18 heavy (non-hydrogen) atoms. The maximum Gasteiger partial charge on any atom is 0.194 e. The molecule has 6 heteroatoms. The minimum atomic E-state index is 0.815. The van der Waals surface area contributed by atoms with Crippen LogP contribution in [-0.4, -0.2) is 14.4 Å². The smallest absolute Gasteiger partial charge is 0.194 e. The number of hydrogen-bond donors (Lipinski definition) is 1. The minimum absolute atomic E-state index is 0.815. The molecule has 0 bridgehead atoms. The van der Waals surface area contributed by atoms with Crippen LogP contribution in [0.2, 0.25) is 0 Å². The van der Waals surface area contributed by atoms with Crippen molar-refractivity contribution in [1.29, 1.82) is 0 Å². The molecule has 0 radical (unpaired) electrons. The van der Waals surface area contributed by atoms with Crippen LogP contribution >= 0.6 is 22.7 Å². The highest BCUT2D eigenvalue weighted by Gasteiger charge is 2.09. The first-order chi connectivity index (χ1) is 8.74. The maximum atomic E-state index is 4.53. The Kier molecular flexibility index (Phi) is 3.15. The van der Waals surface area contributed by atoms with Crippen molar-refractivity contribution in [2.24, 2.45) is 0 Å². The van der Waals surface area contributed by atoms with Crippen LogP contribution in [0, 0.1) is 13.8 Å². The minimum Gasteiger partial charge on any atom is -0.305 e. The van der Waals surface area contributed by atoms with Gasteiger partial charge in [-0.3, -0.25) is 4.40 Å². The first-order valence-corrected chi connectivity index (χ1v) is 7.46. The van der Waals surface area contributed by atoms with Crippen molar-refractivity contribution in [3.8, 4) is 0 Å². The van der Waals surface area contributed by atoms with Crippen LogP contribution in [0.4, 0.5) is 0 Å². The van der Waals surface area contributed by atoms with Gasteiger partial charge in [0.05, 0.1) is 11.4 Å². The highest BCUT2D eigenvalue weighted by molar-refractivity contribution is 7.15. The van der Waals surface area contributed by atoms with E-state index in [0.29, 0.717) is 0 Å². The highest BCUT2D eigenvalue weighted by atomic mass is 32.1. The van der Waals surface area contributed by atoms with Gasteiger partial charge >= 0.3 is 0 Å². The molecule has 0 aliphatic rings. The van der Waals surface area contributed by atoms with Crippen LogP contribution in [0.3, 0.4) is 0 Å². The number of fused-ring (bicyclic) bond motifs is 1. The summed E-state index contributed by atoms with van der Waals surface area (Å²) >= 11 is 3.41. The summed E-state index contributed by atoms with van der Waals surface area (Å²) in [5, 5.41) is 6.63. The number of nitrogens with one attached hydrogen (secondary N) is 1. The van der Waals surface area contributed by atoms with E-state index in [4.69, 9.17) is 0 Å². The lowest BCUT2D eigenvalue weighted by molar-refractivity contribution is 0.670. The maximum absolute atomic E-state index is 4.53. The fourth-order valence-electron chi connectivity index (χ4n) is 1.92. The van der Waals surface area contributed by atoms with E-state index in [1.807, 2.05) is 6.20 Å². The van der Waals surface area contributed by atoms with Crippen LogP contribution < -0.4 is 5.32 Å². The third-order valence-corrected chi connectivity index (χ3v) is 4.47. The Morgan fingerprint density at radius 2 is 2.22 bits per heavy atom. The highest BCUT2D eigenvalue weighted by Crippen LogP contribution is 2.17. The van der Waals surface area contributed by atoms with Crippen LogP contribution in [0.15, 0.2) is 17.8 Å². The third kappa shape index (κ3) is 2.19. The average molecular weight is 278 g/mol. The van der Waals surface area contributed by atoms with Gasteiger partial charge in [-0.25, -0.2) is 9.97 Å². The first-order valence-electron chi connectivity index (χ1n) is 5.77. The molecule has 0 spiro atoms.